The van der Waals surface area contributed by atoms with Crippen molar-refractivity contribution < 1.29 is 14.6 Å². The third-order valence-electron chi connectivity index (χ3n) is 2.76. The van der Waals surface area contributed by atoms with Gasteiger partial charge in [-0.1, -0.05) is 12.1 Å². The van der Waals surface area contributed by atoms with E-state index >= 15 is 0 Å². The molecule has 0 radical (unpaired) electrons. The van der Waals surface area contributed by atoms with Gasteiger partial charge in [-0.3, -0.25) is 4.79 Å². The van der Waals surface area contributed by atoms with E-state index in [0.29, 0.717) is 0 Å². The molecule has 0 aromatic heterocycles. The van der Waals surface area contributed by atoms with Gasteiger partial charge < -0.3 is 15.2 Å². The van der Waals surface area contributed by atoms with Crippen LogP contribution < -0.4 is 5.32 Å². The highest BCUT2D eigenvalue weighted by molar-refractivity contribution is 5.77. The Morgan fingerprint density at radius 2 is 1.89 bits per heavy atom. The molecule has 106 valence electrons. The molecule has 2 N–H and O–H groups in total. The smallest absolute Gasteiger partial charge is 0.246 e. The van der Waals surface area contributed by atoms with E-state index in [1.165, 1.54) is 0 Å². The zero-order valence-corrected chi connectivity index (χ0v) is 11.8. The van der Waals surface area contributed by atoms with Crippen LogP contribution in [0.4, 0.5) is 0 Å². The third kappa shape index (κ3) is 6.82. The molecule has 1 aromatic carbocycles. The van der Waals surface area contributed by atoms with Gasteiger partial charge in [0.15, 0.2) is 0 Å². The fraction of sp³-hybridized carbons (Fsp3) is 0.533. The van der Waals surface area contributed by atoms with Crippen molar-refractivity contribution in [2.24, 2.45) is 0 Å². The quantitative estimate of drug-likeness (QED) is 0.795. The summed E-state index contributed by atoms with van der Waals surface area (Å²) in [5.41, 5.74) is 1.15. The third-order valence-corrected chi connectivity index (χ3v) is 2.76. The van der Waals surface area contributed by atoms with E-state index in [2.05, 4.69) is 5.32 Å². The molecule has 0 saturated carbocycles. The lowest BCUT2D eigenvalue weighted by molar-refractivity contribution is -0.127. The Balaban J connectivity index is 2.25. The van der Waals surface area contributed by atoms with Crippen LogP contribution in [0.1, 0.15) is 32.8 Å². The molecular formula is C15H23NO3. The highest BCUT2D eigenvalue weighted by atomic mass is 16.5. The summed E-state index contributed by atoms with van der Waals surface area (Å²) < 4.78 is 5.24. The molecule has 0 saturated heterocycles. The Morgan fingerprint density at radius 3 is 2.47 bits per heavy atom. The number of carbonyl (C=O) groups excluding carboxylic acids is 1. The van der Waals surface area contributed by atoms with Gasteiger partial charge in [0, 0.05) is 6.04 Å². The number of benzene rings is 1. The molecule has 1 atom stereocenters. The molecule has 0 aliphatic rings. The minimum atomic E-state index is -0.0769. The van der Waals surface area contributed by atoms with E-state index < -0.39 is 0 Å². The van der Waals surface area contributed by atoms with E-state index in [9.17, 15) is 9.90 Å². The lowest BCUT2D eigenvalue weighted by Crippen LogP contribution is -2.36. The van der Waals surface area contributed by atoms with Gasteiger partial charge in [0.25, 0.3) is 0 Å². The Labute approximate surface area is 114 Å². The first-order valence-electron chi connectivity index (χ1n) is 6.66. The number of hydrogen-bond acceptors (Lipinski definition) is 3. The molecule has 1 amide bonds. The average Bonchev–Trinajstić information content (AvgIpc) is 2.36. The standard InChI is InChI=1S/C15H23NO3/c1-11(2)19-10-15(18)16-12(3)4-5-13-6-8-14(17)9-7-13/h6-9,11-12,17H,4-5,10H2,1-3H3,(H,16,18). The lowest BCUT2D eigenvalue weighted by Gasteiger charge is -2.14. The number of hydrogen-bond donors (Lipinski definition) is 2. The van der Waals surface area contributed by atoms with E-state index in [1.807, 2.05) is 32.9 Å². The predicted octanol–water partition coefficient (Wildman–Crippen LogP) is 2.25. The van der Waals surface area contributed by atoms with Crippen molar-refractivity contribution in [3.63, 3.8) is 0 Å². The van der Waals surface area contributed by atoms with Gasteiger partial charge in [-0.2, -0.15) is 0 Å². The largest absolute Gasteiger partial charge is 0.508 e. The Kier molecular flexibility index (Phi) is 6.36. The summed E-state index contributed by atoms with van der Waals surface area (Å²) in [6.07, 6.45) is 1.79. The zero-order chi connectivity index (χ0) is 14.3. The number of phenols is 1. The van der Waals surface area contributed by atoms with Crippen molar-refractivity contribution >= 4 is 5.91 Å². The second-order valence-corrected chi connectivity index (χ2v) is 5.03. The van der Waals surface area contributed by atoms with Crippen molar-refractivity contribution in [2.45, 2.75) is 45.8 Å². The maximum Gasteiger partial charge on any atom is 0.246 e. The molecule has 0 aliphatic heterocycles. The van der Waals surface area contributed by atoms with Crippen LogP contribution >= 0.6 is 0 Å². The molecule has 1 rings (SSSR count). The van der Waals surface area contributed by atoms with Gasteiger partial charge in [-0.25, -0.2) is 0 Å². The van der Waals surface area contributed by atoms with Gasteiger partial charge >= 0.3 is 0 Å². The van der Waals surface area contributed by atoms with Gasteiger partial charge in [-0.05, 0) is 51.3 Å². The summed E-state index contributed by atoms with van der Waals surface area (Å²) >= 11 is 0. The van der Waals surface area contributed by atoms with Gasteiger partial charge in [0.1, 0.15) is 12.4 Å². The fourth-order valence-electron chi connectivity index (χ4n) is 1.68. The molecule has 4 heteroatoms. The molecule has 0 spiro atoms. The van der Waals surface area contributed by atoms with Gasteiger partial charge in [0.2, 0.25) is 5.91 Å². The Hall–Kier alpha value is -1.55. The second-order valence-electron chi connectivity index (χ2n) is 5.03. The molecule has 0 fully saturated rings. The second kappa shape index (κ2) is 7.79. The summed E-state index contributed by atoms with van der Waals surface area (Å²) in [4.78, 5) is 11.5. The van der Waals surface area contributed by atoms with Crippen LogP contribution in [0.25, 0.3) is 0 Å². The maximum absolute atomic E-state index is 11.5. The molecule has 0 aliphatic carbocycles. The van der Waals surface area contributed by atoms with Crippen molar-refractivity contribution in [1.82, 2.24) is 5.32 Å². The van der Waals surface area contributed by atoms with Crippen LogP contribution in [0.3, 0.4) is 0 Å². The molecule has 4 nitrogen and oxygen atoms in total. The minimum Gasteiger partial charge on any atom is -0.508 e. The molecule has 19 heavy (non-hydrogen) atoms. The first-order valence-corrected chi connectivity index (χ1v) is 6.66. The number of ether oxygens (including phenoxy) is 1. The zero-order valence-electron chi connectivity index (χ0n) is 11.8. The predicted molar refractivity (Wildman–Crippen MR) is 75.1 cm³/mol. The normalized spacial score (nSPS) is 12.4. The van der Waals surface area contributed by atoms with Crippen LogP contribution in [0.2, 0.25) is 0 Å². The number of carbonyl (C=O) groups is 1. The van der Waals surface area contributed by atoms with Gasteiger partial charge in [-0.15, -0.1) is 0 Å². The van der Waals surface area contributed by atoms with E-state index in [0.717, 1.165) is 18.4 Å². The number of aryl methyl sites for hydroxylation is 1. The molecule has 1 unspecified atom stereocenters. The molecular weight excluding hydrogens is 242 g/mol. The van der Waals surface area contributed by atoms with Crippen LogP contribution in [-0.4, -0.2) is 29.8 Å². The number of aromatic hydroxyl groups is 1. The van der Waals surface area contributed by atoms with Crippen molar-refractivity contribution in [3.8, 4) is 5.75 Å². The molecule has 0 bridgehead atoms. The summed E-state index contributed by atoms with van der Waals surface area (Å²) in [7, 11) is 0. The summed E-state index contributed by atoms with van der Waals surface area (Å²) in [5.74, 6) is 0.197. The lowest BCUT2D eigenvalue weighted by atomic mass is 10.1. The summed E-state index contributed by atoms with van der Waals surface area (Å²) in [5, 5.41) is 12.1. The summed E-state index contributed by atoms with van der Waals surface area (Å²) in [6.45, 7) is 5.90. The monoisotopic (exact) mass is 265 g/mol. The molecule has 1 aromatic rings. The Bertz CT molecular complexity index is 387. The fourth-order valence-corrected chi connectivity index (χ4v) is 1.68. The SMILES string of the molecule is CC(CCc1ccc(O)cc1)NC(=O)COC(C)C. The minimum absolute atomic E-state index is 0.0676. The number of amides is 1. The van der Waals surface area contributed by atoms with Crippen LogP contribution in [0.15, 0.2) is 24.3 Å². The topological polar surface area (TPSA) is 58.6 Å². The first kappa shape index (κ1) is 15.5. The first-order chi connectivity index (χ1) is 8.97. The average molecular weight is 265 g/mol. The molecule has 0 heterocycles. The maximum atomic E-state index is 11.5. The van der Waals surface area contributed by atoms with Crippen molar-refractivity contribution in [1.29, 1.82) is 0 Å². The van der Waals surface area contributed by atoms with E-state index in [-0.39, 0.29) is 30.4 Å². The van der Waals surface area contributed by atoms with Crippen LogP contribution in [0.5, 0.6) is 5.75 Å². The summed E-state index contributed by atoms with van der Waals surface area (Å²) in [6, 6.07) is 7.25. The highest BCUT2D eigenvalue weighted by Gasteiger charge is 2.08. The number of rotatable bonds is 7. The van der Waals surface area contributed by atoms with E-state index in [1.54, 1.807) is 12.1 Å². The van der Waals surface area contributed by atoms with Crippen LogP contribution in [0, 0.1) is 0 Å². The number of phenolic OH excluding ortho intramolecular Hbond substituents is 1. The van der Waals surface area contributed by atoms with Crippen LogP contribution in [-0.2, 0) is 16.0 Å². The Morgan fingerprint density at radius 1 is 1.26 bits per heavy atom. The highest BCUT2D eigenvalue weighted by Crippen LogP contribution is 2.11. The van der Waals surface area contributed by atoms with Gasteiger partial charge in [0.05, 0.1) is 6.10 Å². The van der Waals surface area contributed by atoms with E-state index in [4.69, 9.17) is 4.74 Å². The van der Waals surface area contributed by atoms with Crippen molar-refractivity contribution in [3.05, 3.63) is 29.8 Å². The van der Waals surface area contributed by atoms with Crippen molar-refractivity contribution in [2.75, 3.05) is 6.61 Å². The number of nitrogens with one attached hydrogen (secondary N) is 1.